The predicted molar refractivity (Wildman–Crippen MR) is 111 cm³/mol. The number of carbonyl (C=O) groups excluding carboxylic acids is 3. The number of ether oxygens (including phenoxy) is 1. The molecule has 148 valence electrons. The van der Waals surface area contributed by atoms with Gasteiger partial charge in [0.25, 0.3) is 5.91 Å². The molecule has 3 aromatic rings. The summed E-state index contributed by atoms with van der Waals surface area (Å²) in [5.74, 6) is -1.21. The lowest BCUT2D eigenvalue weighted by atomic mass is 10.1. The summed E-state index contributed by atoms with van der Waals surface area (Å²) < 4.78 is 5.01. The summed E-state index contributed by atoms with van der Waals surface area (Å²) in [7, 11) is 0. The monoisotopic (exact) mass is 409 g/mol. The van der Waals surface area contributed by atoms with E-state index in [0.717, 1.165) is 5.56 Å². The number of amides is 1. The fourth-order valence-corrected chi connectivity index (χ4v) is 3.09. The average molecular weight is 409 g/mol. The fraction of sp³-hybridized carbons (Fsp3) is 0.143. The molecule has 7 nitrogen and oxygen atoms in total. The molecule has 1 aromatic heterocycles. The van der Waals surface area contributed by atoms with Crippen molar-refractivity contribution in [2.75, 3.05) is 17.2 Å². The quantitative estimate of drug-likeness (QED) is 0.434. The van der Waals surface area contributed by atoms with Gasteiger partial charge in [-0.25, -0.2) is 9.78 Å². The van der Waals surface area contributed by atoms with Crippen molar-refractivity contribution in [2.24, 2.45) is 0 Å². The zero-order chi connectivity index (χ0) is 20.6. The van der Waals surface area contributed by atoms with Gasteiger partial charge in [0.2, 0.25) is 0 Å². The first kappa shape index (κ1) is 20.2. The van der Waals surface area contributed by atoms with E-state index >= 15 is 0 Å². The number of Topliss-reactive ketones (excluding diaryl/α,β-unsaturated/α-hetero) is 1. The maximum absolute atomic E-state index is 12.1. The third-order valence-corrected chi connectivity index (χ3v) is 4.71. The third-order valence-electron chi connectivity index (χ3n) is 3.91. The van der Waals surface area contributed by atoms with E-state index in [4.69, 9.17) is 4.74 Å². The van der Waals surface area contributed by atoms with Crippen LogP contribution in [0.5, 0.6) is 0 Å². The normalized spacial score (nSPS) is 10.2. The number of aromatic nitrogens is 1. The Bertz CT molecular complexity index is 1000. The molecule has 0 saturated heterocycles. The molecule has 8 heteroatoms. The van der Waals surface area contributed by atoms with Gasteiger partial charge in [0.15, 0.2) is 23.2 Å². The summed E-state index contributed by atoms with van der Waals surface area (Å²) in [6, 6.07) is 16.3. The Morgan fingerprint density at radius 1 is 1.03 bits per heavy atom. The number of ketones is 1. The molecule has 0 aliphatic rings. The molecule has 1 heterocycles. The highest BCUT2D eigenvalue weighted by atomic mass is 32.1. The Morgan fingerprint density at radius 2 is 1.76 bits per heavy atom. The molecule has 0 radical (unpaired) electrons. The van der Waals surface area contributed by atoms with E-state index in [0.29, 0.717) is 22.9 Å². The van der Waals surface area contributed by atoms with Crippen LogP contribution < -0.4 is 10.6 Å². The SMILES string of the molecule is CC(=O)c1ccc(NC(=O)COC(=O)c2csc(NCc3ccccc3)n2)cc1. The zero-order valence-electron chi connectivity index (χ0n) is 15.7. The van der Waals surface area contributed by atoms with Crippen LogP contribution in [-0.2, 0) is 16.1 Å². The molecule has 0 unspecified atom stereocenters. The maximum Gasteiger partial charge on any atom is 0.358 e. The van der Waals surface area contributed by atoms with Gasteiger partial charge < -0.3 is 15.4 Å². The van der Waals surface area contributed by atoms with Gasteiger partial charge in [0.1, 0.15) is 0 Å². The van der Waals surface area contributed by atoms with E-state index in [1.807, 2.05) is 30.3 Å². The van der Waals surface area contributed by atoms with Crippen LogP contribution in [0.15, 0.2) is 60.0 Å². The molecule has 0 fully saturated rings. The lowest BCUT2D eigenvalue weighted by molar-refractivity contribution is -0.119. The maximum atomic E-state index is 12.1. The lowest BCUT2D eigenvalue weighted by Crippen LogP contribution is -2.21. The standard InChI is InChI=1S/C21H19N3O4S/c1-14(25)16-7-9-17(10-8-16)23-19(26)12-28-20(27)18-13-29-21(24-18)22-11-15-5-3-2-4-6-15/h2-10,13H,11-12H2,1H3,(H,22,24)(H,23,26). The highest BCUT2D eigenvalue weighted by Gasteiger charge is 2.14. The Balaban J connectivity index is 1.45. The smallest absolute Gasteiger partial charge is 0.358 e. The Kier molecular flexibility index (Phi) is 6.70. The van der Waals surface area contributed by atoms with Crippen LogP contribution in [-0.4, -0.2) is 29.3 Å². The largest absolute Gasteiger partial charge is 0.451 e. The van der Waals surface area contributed by atoms with E-state index in [1.165, 1.54) is 18.3 Å². The van der Waals surface area contributed by atoms with Crippen molar-refractivity contribution in [1.29, 1.82) is 0 Å². The van der Waals surface area contributed by atoms with Crippen molar-refractivity contribution in [3.8, 4) is 0 Å². The minimum Gasteiger partial charge on any atom is -0.451 e. The van der Waals surface area contributed by atoms with E-state index < -0.39 is 18.5 Å². The van der Waals surface area contributed by atoms with Crippen LogP contribution in [0.2, 0.25) is 0 Å². The van der Waals surface area contributed by atoms with E-state index in [1.54, 1.807) is 29.6 Å². The minimum absolute atomic E-state index is 0.0577. The van der Waals surface area contributed by atoms with Gasteiger partial charge in [0.05, 0.1) is 0 Å². The van der Waals surface area contributed by atoms with Crippen LogP contribution in [0.25, 0.3) is 0 Å². The predicted octanol–water partition coefficient (Wildman–Crippen LogP) is 3.75. The average Bonchev–Trinajstić information content (AvgIpc) is 3.21. The van der Waals surface area contributed by atoms with E-state index in [-0.39, 0.29) is 11.5 Å². The van der Waals surface area contributed by atoms with Crippen molar-refractivity contribution >= 4 is 39.8 Å². The first-order valence-corrected chi connectivity index (χ1v) is 9.70. The molecule has 0 spiro atoms. The number of nitrogens with one attached hydrogen (secondary N) is 2. The van der Waals surface area contributed by atoms with Gasteiger partial charge in [-0.05, 0) is 36.8 Å². The number of rotatable bonds is 8. The van der Waals surface area contributed by atoms with Gasteiger partial charge in [0, 0.05) is 23.2 Å². The van der Waals surface area contributed by atoms with Gasteiger partial charge in [-0.15, -0.1) is 11.3 Å². The summed E-state index contributed by atoms with van der Waals surface area (Å²) in [4.78, 5) is 39.5. The number of carbonyl (C=O) groups is 3. The molecule has 0 saturated carbocycles. The summed E-state index contributed by atoms with van der Waals surface area (Å²) in [6.45, 7) is 1.62. The topological polar surface area (TPSA) is 97.4 Å². The molecule has 0 aliphatic carbocycles. The number of hydrogen-bond acceptors (Lipinski definition) is 7. The van der Waals surface area contributed by atoms with Gasteiger partial charge >= 0.3 is 5.97 Å². The van der Waals surface area contributed by atoms with Crippen LogP contribution in [0.4, 0.5) is 10.8 Å². The van der Waals surface area contributed by atoms with Crippen LogP contribution in [0.3, 0.4) is 0 Å². The molecular weight excluding hydrogens is 390 g/mol. The minimum atomic E-state index is -0.670. The van der Waals surface area contributed by atoms with E-state index in [9.17, 15) is 14.4 Å². The van der Waals surface area contributed by atoms with Crippen molar-refractivity contribution in [1.82, 2.24) is 4.98 Å². The number of esters is 1. The van der Waals surface area contributed by atoms with Crippen LogP contribution >= 0.6 is 11.3 Å². The van der Waals surface area contributed by atoms with Crippen LogP contribution in [0.1, 0.15) is 33.3 Å². The molecular formula is C21H19N3O4S. The molecule has 29 heavy (non-hydrogen) atoms. The van der Waals surface area contributed by atoms with Crippen molar-refractivity contribution < 1.29 is 19.1 Å². The van der Waals surface area contributed by atoms with Gasteiger partial charge in [-0.2, -0.15) is 0 Å². The molecule has 0 atom stereocenters. The zero-order valence-corrected chi connectivity index (χ0v) is 16.5. The molecule has 2 aromatic carbocycles. The number of nitrogens with zero attached hydrogens (tertiary/aromatic N) is 1. The molecule has 3 rings (SSSR count). The Morgan fingerprint density at radius 3 is 2.45 bits per heavy atom. The number of hydrogen-bond donors (Lipinski definition) is 2. The highest BCUT2D eigenvalue weighted by molar-refractivity contribution is 7.13. The number of anilines is 2. The summed E-state index contributed by atoms with van der Waals surface area (Å²) in [5.41, 5.74) is 2.30. The van der Waals surface area contributed by atoms with Crippen molar-refractivity contribution in [3.05, 3.63) is 76.8 Å². The number of benzene rings is 2. The fourth-order valence-electron chi connectivity index (χ4n) is 2.41. The third kappa shape index (κ3) is 5.98. The molecule has 0 aliphatic heterocycles. The summed E-state index contributed by atoms with van der Waals surface area (Å²) in [6.07, 6.45) is 0. The van der Waals surface area contributed by atoms with Crippen LogP contribution in [0, 0.1) is 0 Å². The Hall–Kier alpha value is -3.52. The summed E-state index contributed by atoms with van der Waals surface area (Å²) >= 11 is 1.29. The first-order chi connectivity index (χ1) is 14.0. The van der Waals surface area contributed by atoms with Gasteiger partial charge in [-0.3, -0.25) is 9.59 Å². The van der Waals surface area contributed by atoms with Crippen molar-refractivity contribution in [3.63, 3.8) is 0 Å². The number of thiazole rings is 1. The molecule has 2 N–H and O–H groups in total. The molecule has 0 bridgehead atoms. The second kappa shape index (κ2) is 9.61. The first-order valence-electron chi connectivity index (χ1n) is 8.82. The second-order valence-electron chi connectivity index (χ2n) is 6.13. The molecule has 1 amide bonds. The summed E-state index contributed by atoms with van der Waals surface area (Å²) in [5, 5.41) is 7.91. The van der Waals surface area contributed by atoms with Crippen molar-refractivity contribution in [2.45, 2.75) is 13.5 Å². The van der Waals surface area contributed by atoms with Gasteiger partial charge in [-0.1, -0.05) is 30.3 Å². The lowest BCUT2D eigenvalue weighted by Gasteiger charge is -2.06. The second-order valence-corrected chi connectivity index (χ2v) is 6.99. The Labute approximate surface area is 171 Å². The van der Waals surface area contributed by atoms with E-state index in [2.05, 4.69) is 15.6 Å². The highest BCUT2D eigenvalue weighted by Crippen LogP contribution is 2.17.